The molecule has 1 N–H and O–H groups in total. The van der Waals surface area contributed by atoms with Crippen molar-refractivity contribution in [3.05, 3.63) is 0 Å². The van der Waals surface area contributed by atoms with E-state index in [1.54, 1.807) is 0 Å². The number of carboxylic acids is 1. The van der Waals surface area contributed by atoms with Gasteiger partial charge in [-0.1, -0.05) is 0 Å². The second-order valence-corrected chi connectivity index (χ2v) is 0.519. The third-order valence-corrected chi connectivity index (χ3v) is 0. The van der Waals surface area contributed by atoms with Gasteiger partial charge in [-0.15, -0.1) is 0 Å². The topological polar surface area (TPSA) is 37.3 Å². The molecule has 0 fully saturated rings. The molecule has 0 bridgehead atoms. The van der Waals surface area contributed by atoms with Crippen LogP contribution in [0, 0.1) is 0 Å². The Balaban J connectivity index is 0. The average molecular weight is 131 g/mol. The number of carboxylic acid groups (broad SMARTS) is 1. The molecule has 0 rings (SSSR count). The van der Waals surface area contributed by atoms with Crippen LogP contribution in [0.15, 0.2) is 0 Å². The zero-order chi connectivity index (χ0) is 5.58. The van der Waals surface area contributed by atoms with Crippen molar-refractivity contribution in [2.24, 2.45) is 0 Å². The highest BCUT2D eigenvalue weighted by Gasteiger charge is 1.65. The Labute approximate surface area is 45.3 Å². The summed E-state index contributed by atoms with van der Waals surface area (Å²) in [6.45, 7) is 1.08. The lowest BCUT2D eigenvalue weighted by molar-refractivity contribution is -0.134. The van der Waals surface area contributed by atoms with Crippen LogP contribution >= 0.6 is 21.7 Å². The summed E-state index contributed by atoms with van der Waals surface area (Å²) in [6.07, 6.45) is 0. The summed E-state index contributed by atoms with van der Waals surface area (Å²) >= 11 is 0. The predicted octanol–water partition coefficient (Wildman–Crippen LogP) is 1.47. The minimum absolute atomic E-state index is 0.833. The first kappa shape index (κ1) is 9.41. The van der Waals surface area contributed by atoms with Crippen LogP contribution in [0.25, 0.3) is 0 Å². The molecule has 6 heavy (non-hydrogen) atoms. The molecule has 0 aromatic carbocycles. The normalized spacial score (nSPS) is 5.17. The minimum atomic E-state index is -0.833. The van der Waals surface area contributed by atoms with E-state index in [0.717, 1.165) is 6.92 Å². The molecular formula is C2H4Cl2O2. The van der Waals surface area contributed by atoms with Crippen LogP contribution < -0.4 is 0 Å². The quantitative estimate of drug-likeness (QED) is 0.540. The van der Waals surface area contributed by atoms with Crippen molar-refractivity contribution in [1.82, 2.24) is 0 Å². The van der Waals surface area contributed by atoms with Gasteiger partial charge in [0.05, 0.1) is 0 Å². The van der Waals surface area contributed by atoms with E-state index in [4.69, 9.17) is 9.90 Å². The zero-order valence-electron chi connectivity index (χ0n) is 3.11. The number of carbonyl (C=O) groups is 1. The van der Waals surface area contributed by atoms with Gasteiger partial charge < -0.3 is 5.11 Å². The summed E-state index contributed by atoms with van der Waals surface area (Å²) < 4.78 is 0. The average Bonchev–Trinajstić information content (AvgIpc) is 1.41. The van der Waals surface area contributed by atoms with E-state index >= 15 is 0 Å². The number of halogens is 2. The van der Waals surface area contributed by atoms with Crippen LogP contribution in [0.2, 0.25) is 0 Å². The lowest BCUT2D eigenvalue weighted by Gasteiger charge is -1.59. The molecule has 0 aliphatic rings. The highest BCUT2D eigenvalue weighted by molar-refractivity contribution is 6.85. The predicted molar refractivity (Wildman–Crippen MR) is 25.0 cm³/mol. The molecular weight excluding hydrogens is 127 g/mol. The standard InChI is InChI=1S/C2H4O2.Cl2/c1-2(3)4;1-2/h1H3,(H,3,4);. The van der Waals surface area contributed by atoms with Crippen LogP contribution in [0.5, 0.6) is 0 Å². The Bertz CT molecular complexity index is 32.5. The van der Waals surface area contributed by atoms with Gasteiger partial charge in [-0.05, 0) is 0 Å². The summed E-state index contributed by atoms with van der Waals surface area (Å²) in [6, 6.07) is 0. The van der Waals surface area contributed by atoms with Gasteiger partial charge in [0.1, 0.15) is 0 Å². The van der Waals surface area contributed by atoms with Gasteiger partial charge in [-0.2, -0.15) is 0 Å². The first-order valence-corrected chi connectivity index (χ1v) is 2.21. The van der Waals surface area contributed by atoms with Crippen molar-refractivity contribution in [2.75, 3.05) is 0 Å². The van der Waals surface area contributed by atoms with E-state index in [1.165, 1.54) is 0 Å². The zero-order valence-corrected chi connectivity index (χ0v) is 4.62. The molecule has 0 amide bonds. The molecule has 0 saturated heterocycles. The van der Waals surface area contributed by atoms with Crippen molar-refractivity contribution in [3.63, 3.8) is 0 Å². The number of hydrogen-bond donors (Lipinski definition) is 1. The highest BCUT2D eigenvalue weighted by Crippen LogP contribution is 1.69. The van der Waals surface area contributed by atoms with E-state index < -0.39 is 5.97 Å². The molecule has 0 aromatic heterocycles. The Hall–Kier alpha value is 0.0500. The summed E-state index contributed by atoms with van der Waals surface area (Å²) in [5.41, 5.74) is 0. The van der Waals surface area contributed by atoms with Crippen LogP contribution in [0.4, 0.5) is 0 Å². The first-order chi connectivity index (χ1) is 2.73. The molecule has 0 spiro atoms. The van der Waals surface area contributed by atoms with E-state index in [-0.39, 0.29) is 0 Å². The molecule has 0 saturated carbocycles. The molecule has 0 heterocycles. The Morgan fingerprint density at radius 3 is 1.67 bits per heavy atom. The SMILES string of the molecule is CC(=O)O.ClCl. The lowest BCUT2D eigenvalue weighted by atomic mass is 10.9. The summed E-state index contributed by atoms with van der Waals surface area (Å²) in [5, 5.41) is 7.42. The summed E-state index contributed by atoms with van der Waals surface area (Å²) in [7, 11) is 8.22. The fraction of sp³-hybridized carbons (Fsp3) is 0.500. The van der Waals surface area contributed by atoms with Gasteiger partial charge in [0.15, 0.2) is 0 Å². The molecule has 38 valence electrons. The smallest absolute Gasteiger partial charge is 0.300 e. The van der Waals surface area contributed by atoms with E-state index in [0.29, 0.717) is 0 Å². The van der Waals surface area contributed by atoms with Gasteiger partial charge in [0.25, 0.3) is 5.97 Å². The van der Waals surface area contributed by atoms with E-state index in [1.807, 2.05) is 0 Å². The van der Waals surface area contributed by atoms with E-state index in [9.17, 15) is 0 Å². The fourth-order valence-electron chi connectivity index (χ4n) is 0. The van der Waals surface area contributed by atoms with Gasteiger partial charge in [0, 0.05) is 28.6 Å². The maximum Gasteiger partial charge on any atom is 0.300 e. The third kappa shape index (κ3) is 15100. The molecule has 0 unspecified atom stereocenters. The molecule has 4 heteroatoms. The van der Waals surface area contributed by atoms with Crippen LogP contribution in [0.3, 0.4) is 0 Å². The van der Waals surface area contributed by atoms with Gasteiger partial charge in [-0.3, -0.25) is 4.79 Å². The second kappa shape index (κ2) is 8.90. The Morgan fingerprint density at radius 1 is 1.67 bits per heavy atom. The van der Waals surface area contributed by atoms with Crippen molar-refractivity contribution in [1.29, 1.82) is 0 Å². The third-order valence-electron chi connectivity index (χ3n) is 0. The second-order valence-electron chi connectivity index (χ2n) is 0.519. The Kier molecular flexibility index (Phi) is 14.0. The van der Waals surface area contributed by atoms with Gasteiger partial charge in [0.2, 0.25) is 0 Å². The van der Waals surface area contributed by atoms with Crippen LogP contribution in [-0.2, 0) is 4.79 Å². The highest BCUT2D eigenvalue weighted by atomic mass is 36.5. The van der Waals surface area contributed by atoms with Crippen LogP contribution in [-0.4, -0.2) is 11.1 Å². The van der Waals surface area contributed by atoms with Gasteiger partial charge in [-0.25, -0.2) is 0 Å². The maximum atomic E-state index is 9.00. The van der Waals surface area contributed by atoms with Gasteiger partial charge >= 0.3 is 0 Å². The molecule has 0 aliphatic heterocycles. The molecule has 0 aliphatic carbocycles. The number of aliphatic carboxylic acids is 1. The monoisotopic (exact) mass is 130 g/mol. The molecule has 2 nitrogen and oxygen atoms in total. The number of rotatable bonds is 0. The summed E-state index contributed by atoms with van der Waals surface area (Å²) in [5.74, 6) is -0.833. The first-order valence-electron chi connectivity index (χ1n) is 1.07. The molecule has 0 atom stereocenters. The Morgan fingerprint density at radius 2 is 1.67 bits per heavy atom. The van der Waals surface area contributed by atoms with Crippen molar-refractivity contribution in [2.45, 2.75) is 6.92 Å². The molecule has 0 aromatic rings. The largest absolute Gasteiger partial charge is 0.481 e. The van der Waals surface area contributed by atoms with Crippen molar-refractivity contribution < 1.29 is 9.90 Å². The lowest BCUT2D eigenvalue weighted by Crippen LogP contribution is -1.78. The minimum Gasteiger partial charge on any atom is -0.481 e. The number of hydrogen-bond acceptors (Lipinski definition) is 1. The summed E-state index contributed by atoms with van der Waals surface area (Å²) in [4.78, 5) is 9.00. The van der Waals surface area contributed by atoms with Crippen molar-refractivity contribution in [3.8, 4) is 0 Å². The van der Waals surface area contributed by atoms with E-state index in [2.05, 4.69) is 21.7 Å². The fourth-order valence-corrected chi connectivity index (χ4v) is 0. The van der Waals surface area contributed by atoms with Crippen molar-refractivity contribution >= 4 is 27.7 Å². The van der Waals surface area contributed by atoms with Crippen LogP contribution in [0.1, 0.15) is 6.92 Å². The molecule has 0 radical (unpaired) electrons. The maximum absolute atomic E-state index is 9.00.